The minimum Gasteiger partial charge on any atom is -0.494 e. The van der Waals surface area contributed by atoms with Crippen molar-refractivity contribution in [3.8, 4) is 5.75 Å². The molecular formula is C20H25N3O2S. The molecule has 138 valence electrons. The van der Waals surface area contributed by atoms with Gasteiger partial charge < -0.3 is 10.1 Å². The van der Waals surface area contributed by atoms with Crippen molar-refractivity contribution in [2.75, 3.05) is 6.61 Å². The molecule has 6 heteroatoms. The molecule has 0 spiro atoms. The lowest BCUT2D eigenvalue weighted by Crippen LogP contribution is -2.46. The summed E-state index contributed by atoms with van der Waals surface area (Å²) in [6.45, 7) is 3.39. The zero-order valence-corrected chi connectivity index (χ0v) is 15.8. The maximum Gasteiger partial charge on any atom is 0.238 e. The fourth-order valence-electron chi connectivity index (χ4n) is 2.24. The molecule has 0 unspecified atom stereocenters. The van der Waals surface area contributed by atoms with Crippen molar-refractivity contribution in [3.63, 3.8) is 0 Å². The molecule has 0 heterocycles. The molecule has 0 saturated heterocycles. The molecule has 0 saturated carbocycles. The summed E-state index contributed by atoms with van der Waals surface area (Å²) in [6, 6.07) is 17.8. The van der Waals surface area contributed by atoms with E-state index in [-0.39, 0.29) is 5.91 Å². The molecule has 2 rings (SSSR count). The van der Waals surface area contributed by atoms with Gasteiger partial charge in [0.05, 0.1) is 6.61 Å². The van der Waals surface area contributed by atoms with Gasteiger partial charge >= 0.3 is 0 Å². The van der Waals surface area contributed by atoms with Crippen LogP contribution >= 0.6 is 12.2 Å². The molecule has 0 atom stereocenters. The molecule has 0 aliphatic rings. The molecule has 0 radical (unpaired) electrons. The summed E-state index contributed by atoms with van der Waals surface area (Å²) in [5, 5.41) is 3.43. The Balaban J connectivity index is 1.63. The van der Waals surface area contributed by atoms with Gasteiger partial charge in [-0.3, -0.25) is 15.6 Å². The van der Waals surface area contributed by atoms with Crippen LogP contribution in [0.15, 0.2) is 54.6 Å². The van der Waals surface area contributed by atoms with E-state index < -0.39 is 0 Å². The van der Waals surface area contributed by atoms with Crippen molar-refractivity contribution in [1.82, 2.24) is 16.2 Å². The summed E-state index contributed by atoms with van der Waals surface area (Å²) in [5.41, 5.74) is 7.54. The molecule has 0 aliphatic carbocycles. The Bertz CT molecular complexity index is 690. The molecule has 26 heavy (non-hydrogen) atoms. The van der Waals surface area contributed by atoms with Crippen LogP contribution in [0.5, 0.6) is 5.75 Å². The first-order valence-corrected chi connectivity index (χ1v) is 9.16. The highest BCUT2D eigenvalue weighted by molar-refractivity contribution is 7.80. The molecule has 0 aromatic heterocycles. The zero-order chi connectivity index (χ0) is 18.6. The predicted molar refractivity (Wildman–Crippen MR) is 108 cm³/mol. The SMILES string of the molecule is CCCOc1ccc(CCC(=O)NNC(=S)NCc2ccccc2)cc1. The van der Waals surface area contributed by atoms with Crippen molar-refractivity contribution in [2.45, 2.75) is 32.7 Å². The first-order valence-electron chi connectivity index (χ1n) is 8.75. The van der Waals surface area contributed by atoms with E-state index in [1.54, 1.807) is 0 Å². The van der Waals surface area contributed by atoms with Crippen LogP contribution < -0.4 is 20.9 Å². The average molecular weight is 372 g/mol. The third kappa shape index (κ3) is 7.53. The topological polar surface area (TPSA) is 62.4 Å². The maximum atomic E-state index is 11.9. The molecule has 1 amide bonds. The van der Waals surface area contributed by atoms with Gasteiger partial charge in [0.25, 0.3) is 0 Å². The lowest BCUT2D eigenvalue weighted by Gasteiger charge is -2.11. The number of hydrogen-bond donors (Lipinski definition) is 3. The molecule has 3 N–H and O–H groups in total. The van der Waals surface area contributed by atoms with Gasteiger partial charge in [0.15, 0.2) is 5.11 Å². The number of aryl methyl sites for hydroxylation is 1. The van der Waals surface area contributed by atoms with E-state index in [9.17, 15) is 4.79 Å². The summed E-state index contributed by atoms with van der Waals surface area (Å²) in [6.07, 6.45) is 2.02. The summed E-state index contributed by atoms with van der Waals surface area (Å²) < 4.78 is 5.54. The second-order valence-electron chi connectivity index (χ2n) is 5.83. The van der Waals surface area contributed by atoms with E-state index in [4.69, 9.17) is 17.0 Å². The Kier molecular flexibility index (Phi) is 8.42. The van der Waals surface area contributed by atoms with Crippen LogP contribution in [0, 0.1) is 0 Å². The molecule has 5 nitrogen and oxygen atoms in total. The second-order valence-corrected chi connectivity index (χ2v) is 6.24. The first-order chi connectivity index (χ1) is 12.7. The van der Waals surface area contributed by atoms with Crippen molar-refractivity contribution in [2.24, 2.45) is 0 Å². The minimum atomic E-state index is -0.111. The monoisotopic (exact) mass is 371 g/mol. The van der Waals surface area contributed by atoms with Crippen molar-refractivity contribution in [1.29, 1.82) is 0 Å². The highest BCUT2D eigenvalue weighted by Gasteiger charge is 2.04. The number of benzene rings is 2. The predicted octanol–water partition coefficient (Wildman–Crippen LogP) is 3.10. The quantitative estimate of drug-likeness (QED) is 0.492. The standard InChI is InChI=1S/C20H25N3O2S/c1-2-14-25-18-11-8-16(9-12-18)10-13-19(24)22-23-20(26)21-15-17-6-4-3-5-7-17/h3-9,11-12H,2,10,13-15H2,1H3,(H,22,24)(H2,21,23,26). The van der Waals surface area contributed by atoms with Crippen LogP contribution in [0.2, 0.25) is 0 Å². The molecule has 2 aromatic carbocycles. The second kappa shape index (κ2) is 11.1. The smallest absolute Gasteiger partial charge is 0.238 e. The molecule has 0 bridgehead atoms. The van der Waals surface area contributed by atoms with E-state index in [0.29, 0.717) is 31.1 Å². The molecular weight excluding hydrogens is 346 g/mol. The van der Waals surface area contributed by atoms with E-state index in [1.807, 2.05) is 54.6 Å². The van der Waals surface area contributed by atoms with Gasteiger partial charge in [0.1, 0.15) is 5.75 Å². The number of ether oxygens (including phenoxy) is 1. The van der Waals surface area contributed by atoms with Gasteiger partial charge in [-0.1, -0.05) is 49.4 Å². The number of hydrazine groups is 1. The van der Waals surface area contributed by atoms with Gasteiger partial charge in [-0.05, 0) is 48.3 Å². The third-order valence-electron chi connectivity index (χ3n) is 3.65. The number of carbonyl (C=O) groups is 1. The Morgan fingerprint density at radius 1 is 1.00 bits per heavy atom. The maximum absolute atomic E-state index is 11.9. The molecule has 0 fully saturated rings. The number of hydrogen-bond acceptors (Lipinski definition) is 3. The lowest BCUT2D eigenvalue weighted by molar-refractivity contribution is -0.121. The van der Waals surface area contributed by atoms with Gasteiger partial charge in [-0.25, -0.2) is 0 Å². The van der Waals surface area contributed by atoms with Gasteiger partial charge in [0.2, 0.25) is 5.91 Å². The van der Waals surface area contributed by atoms with Crippen molar-refractivity contribution in [3.05, 3.63) is 65.7 Å². The Labute approximate surface area is 160 Å². The van der Waals surface area contributed by atoms with E-state index in [1.165, 1.54) is 0 Å². The van der Waals surface area contributed by atoms with Crippen molar-refractivity contribution < 1.29 is 9.53 Å². The van der Waals surface area contributed by atoms with Crippen LogP contribution in [0.25, 0.3) is 0 Å². The van der Waals surface area contributed by atoms with E-state index in [0.717, 1.165) is 23.3 Å². The van der Waals surface area contributed by atoms with E-state index >= 15 is 0 Å². The number of carbonyl (C=O) groups excluding carboxylic acids is 1. The minimum absolute atomic E-state index is 0.111. The number of nitrogens with one attached hydrogen (secondary N) is 3. The summed E-state index contributed by atoms with van der Waals surface area (Å²) in [4.78, 5) is 11.9. The van der Waals surface area contributed by atoms with Crippen molar-refractivity contribution >= 4 is 23.2 Å². The van der Waals surface area contributed by atoms with E-state index in [2.05, 4.69) is 23.1 Å². The first kappa shape index (κ1) is 19.7. The highest BCUT2D eigenvalue weighted by atomic mass is 32.1. The van der Waals surface area contributed by atoms with Gasteiger partial charge in [0, 0.05) is 13.0 Å². The normalized spacial score (nSPS) is 10.0. The number of amides is 1. The summed E-state index contributed by atoms with van der Waals surface area (Å²) in [5.74, 6) is 0.747. The Morgan fingerprint density at radius 2 is 1.73 bits per heavy atom. The largest absolute Gasteiger partial charge is 0.494 e. The number of rotatable bonds is 8. The molecule has 2 aromatic rings. The van der Waals surface area contributed by atoms with Crippen LogP contribution in [0.1, 0.15) is 30.9 Å². The third-order valence-corrected chi connectivity index (χ3v) is 3.89. The van der Waals surface area contributed by atoms with Crippen LogP contribution in [0.4, 0.5) is 0 Å². The fraction of sp³-hybridized carbons (Fsp3) is 0.300. The van der Waals surface area contributed by atoms with Gasteiger partial charge in [-0.15, -0.1) is 0 Å². The summed E-state index contributed by atoms with van der Waals surface area (Å²) >= 11 is 5.15. The fourth-order valence-corrected chi connectivity index (χ4v) is 2.36. The van der Waals surface area contributed by atoms with Crippen LogP contribution in [-0.4, -0.2) is 17.6 Å². The molecule has 0 aliphatic heterocycles. The zero-order valence-electron chi connectivity index (χ0n) is 15.0. The average Bonchev–Trinajstić information content (AvgIpc) is 2.69. The van der Waals surface area contributed by atoms with Gasteiger partial charge in [-0.2, -0.15) is 0 Å². The van der Waals surface area contributed by atoms with Crippen LogP contribution in [0.3, 0.4) is 0 Å². The highest BCUT2D eigenvalue weighted by Crippen LogP contribution is 2.13. The lowest BCUT2D eigenvalue weighted by atomic mass is 10.1. The summed E-state index contributed by atoms with van der Waals surface area (Å²) in [7, 11) is 0. The Hall–Kier alpha value is -2.60. The Morgan fingerprint density at radius 3 is 2.42 bits per heavy atom. The van der Waals surface area contributed by atoms with Crippen LogP contribution in [-0.2, 0) is 17.8 Å². The number of thiocarbonyl (C=S) groups is 1.